The number of aromatic nitrogens is 6. The first kappa shape index (κ1) is 25.5. The molecule has 2 aromatic heterocycles. The Morgan fingerprint density at radius 3 is 2.28 bits per heavy atom. The molecule has 2 aromatic carbocycles. The summed E-state index contributed by atoms with van der Waals surface area (Å²) < 4.78 is 1.94. The number of H-pyrrole nitrogens is 1. The lowest BCUT2D eigenvalue weighted by molar-refractivity contribution is 0.553. The zero-order valence-corrected chi connectivity index (χ0v) is 21.6. The van der Waals surface area contributed by atoms with Gasteiger partial charge < -0.3 is 0 Å². The van der Waals surface area contributed by atoms with Crippen LogP contribution in [0.3, 0.4) is 0 Å². The molecule has 0 aliphatic heterocycles. The van der Waals surface area contributed by atoms with Gasteiger partial charge in [0.1, 0.15) is 5.82 Å². The van der Waals surface area contributed by atoms with Crippen LogP contribution < -0.4 is 5.56 Å². The summed E-state index contributed by atoms with van der Waals surface area (Å²) in [5.41, 5.74) is 6.16. The Kier molecular flexibility index (Phi) is 8.76. The first-order chi connectivity index (χ1) is 17.7. The van der Waals surface area contributed by atoms with Gasteiger partial charge in [-0.2, -0.15) is 0 Å². The second kappa shape index (κ2) is 12.4. The fourth-order valence-corrected chi connectivity index (χ4v) is 4.60. The maximum Gasteiger partial charge on any atom is 0.257 e. The lowest BCUT2D eigenvalue weighted by atomic mass is 9.96. The number of tetrazole rings is 1. The average Bonchev–Trinajstić information content (AvgIpc) is 3.45. The molecule has 0 saturated heterocycles. The van der Waals surface area contributed by atoms with Crippen LogP contribution in [0.15, 0.2) is 53.3 Å². The topological polar surface area (TPSA) is 89.3 Å². The third-order valence-corrected chi connectivity index (χ3v) is 6.58. The molecule has 7 nitrogen and oxygen atoms in total. The molecule has 0 amide bonds. The van der Waals surface area contributed by atoms with E-state index in [0.717, 1.165) is 90.8 Å². The fourth-order valence-electron chi connectivity index (χ4n) is 4.60. The monoisotopic (exact) mass is 484 g/mol. The van der Waals surface area contributed by atoms with E-state index in [1.165, 1.54) is 0 Å². The summed E-state index contributed by atoms with van der Waals surface area (Å²) in [5, 5.41) is 14.4. The highest BCUT2D eigenvalue weighted by molar-refractivity contribution is 5.80. The standard InChI is InChI=1S/C29H36N6O/c1-4-7-14-26-25(29(36)35(19-8-5-2)27(30-26)11-6-3)20-21-15-17-22(18-16-21)23-12-9-10-13-24(23)28-31-33-34-32-28/h9-10,12-13,15-18H,4-8,11,14,19-20H2,1-3H3,(H,31,32,33,34). The maximum atomic E-state index is 13.7. The molecule has 0 radical (unpaired) electrons. The van der Waals surface area contributed by atoms with Crippen molar-refractivity contribution < 1.29 is 0 Å². The SMILES string of the molecule is CCCCc1nc(CCC)n(CCCC)c(=O)c1Cc1ccc(-c2ccccc2-c2nnn[nH]2)cc1. The summed E-state index contributed by atoms with van der Waals surface area (Å²) in [4.78, 5) is 18.8. The van der Waals surface area contributed by atoms with Gasteiger partial charge in [-0.25, -0.2) is 10.1 Å². The summed E-state index contributed by atoms with van der Waals surface area (Å²) in [5.74, 6) is 1.58. The molecule has 0 saturated carbocycles. The van der Waals surface area contributed by atoms with Crippen LogP contribution in [0.25, 0.3) is 22.5 Å². The first-order valence-corrected chi connectivity index (χ1v) is 13.2. The van der Waals surface area contributed by atoms with Crippen molar-refractivity contribution in [1.82, 2.24) is 30.2 Å². The van der Waals surface area contributed by atoms with Crippen LogP contribution in [-0.2, 0) is 25.8 Å². The van der Waals surface area contributed by atoms with Gasteiger partial charge in [0, 0.05) is 30.5 Å². The molecule has 0 atom stereocenters. The van der Waals surface area contributed by atoms with Gasteiger partial charge in [-0.15, -0.1) is 5.10 Å². The summed E-state index contributed by atoms with van der Waals surface area (Å²) >= 11 is 0. The van der Waals surface area contributed by atoms with Crippen LogP contribution in [-0.4, -0.2) is 30.2 Å². The normalized spacial score (nSPS) is 11.2. The van der Waals surface area contributed by atoms with E-state index in [-0.39, 0.29) is 5.56 Å². The van der Waals surface area contributed by atoms with Crippen LogP contribution in [0.2, 0.25) is 0 Å². The average molecular weight is 485 g/mol. The lowest BCUT2D eigenvalue weighted by Gasteiger charge is -2.17. The fraction of sp³-hybridized carbons (Fsp3) is 0.414. The van der Waals surface area contributed by atoms with Gasteiger partial charge in [0.2, 0.25) is 0 Å². The molecule has 4 rings (SSSR count). The minimum absolute atomic E-state index is 0.139. The predicted octanol–water partition coefficient (Wildman–Crippen LogP) is 5.78. The van der Waals surface area contributed by atoms with E-state index in [4.69, 9.17) is 4.98 Å². The van der Waals surface area contributed by atoms with E-state index in [1.807, 2.05) is 22.8 Å². The molecule has 7 heteroatoms. The van der Waals surface area contributed by atoms with Crippen LogP contribution in [0.4, 0.5) is 0 Å². The quantitative estimate of drug-likeness (QED) is 0.275. The van der Waals surface area contributed by atoms with E-state index in [9.17, 15) is 4.79 Å². The van der Waals surface area contributed by atoms with Gasteiger partial charge in [0.05, 0.1) is 5.69 Å². The predicted molar refractivity (Wildman–Crippen MR) is 144 cm³/mol. The smallest absolute Gasteiger partial charge is 0.257 e. The highest BCUT2D eigenvalue weighted by Gasteiger charge is 2.17. The Hall–Kier alpha value is -3.61. The number of aryl methyl sites for hydroxylation is 2. The first-order valence-electron chi connectivity index (χ1n) is 13.2. The van der Waals surface area contributed by atoms with Gasteiger partial charge in [-0.3, -0.25) is 9.36 Å². The Labute approximate surface area is 213 Å². The largest absolute Gasteiger partial charge is 0.296 e. The summed E-state index contributed by atoms with van der Waals surface area (Å²) in [7, 11) is 0. The maximum absolute atomic E-state index is 13.7. The molecule has 0 bridgehead atoms. The molecule has 0 aliphatic rings. The van der Waals surface area contributed by atoms with E-state index in [2.05, 4.69) is 71.7 Å². The molecule has 0 aliphatic carbocycles. The molecule has 0 fully saturated rings. The Morgan fingerprint density at radius 2 is 1.61 bits per heavy atom. The van der Waals surface area contributed by atoms with Crippen LogP contribution in [0.5, 0.6) is 0 Å². The van der Waals surface area contributed by atoms with Crippen LogP contribution in [0.1, 0.15) is 75.5 Å². The summed E-state index contributed by atoms with van der Waals surface area (Å²) in [6.45, 7) is 7.23. The minimum Gasteiger partial charge on any atom is -0.296 e. The highest BCUT2D eigenvalue weighted by atomic mass is 16.1. The second-order valence-corrected chi connectivity index (χ2v) is 9.29. The Morgan fingerprint density at radius 1 is 0.861 bits per heavy atom. The Bertz CT molecular complexity index is 1310. The van der Waals surface area contributed by atoms with Gasteiger partial charge in [-0.05, 0) is 52.8 Å². The van der Waals surface area contributed by atoms with Crippen molar-refractivity contribution in [2.75, 3.05) is 0 Å². The molecule has 4 aromatic rings. The van der Waals surface area contributed by atoms with Crippen molar-refractivity contribution in [3.63, 3.8) is 0 Å². The van der Waals surface area contributed by atoms with Gasteiger partial charge in [0.15, 0.2) is 5.82 Å². The molecule has 1 N–H and O–H groups in total. The zero-order chi connectivity index (χ0) is 25.3. The van der Waals surface area contributed by atoms with E-state index < -0.39 is 0 Å². The molecule has 0 unspecified atom stereocenters. The molecule has 0 spiro atoms. The van der Waals surface area contributed by atoms with Crippen LogP contribution >= 0.6 is 0 Å². The summed E-state index contributed by atoms with van der Waals surface area (Å²) in [6.07, 6.45) is 7.43. The number of nitrogens with zero attached hydrogens (tertiary/aromatic N) is 5. The van der Waals surface area contributed by atoms with Gasteiger partial charge in [-0.1, -0.05) is 82.1 Å². The van der Waals surface area contributed by atoms with Crippen molar-refractivity contribution >= 4 is 0 Å². The Balaban J connectivity index is 1.68. The van der Waals surface area contributed by atoms with E-state index >= 15 is 0 Å². The number of benzene rings is 2. The molecule has 2 heterocycles. The van der Waals surface area contributed by atoms with Gasteiger partial charge in [0.25, 0.3) is 5.56 Å². The van der Waals surface area contributed by atoms with Crippen molar-refractivity contribution in [3.8, 4) is 22.5 Å². The van der Waals surface area contributed by atoms with E-state index in [1.54, 1.807) is 0 Å². The molecular formula is C29H36N6O. The summed E-state index contributed by atoms with van der Waals surface area (Å²) in [6, 6.07) is 16.5. The molecular weight excluding hydrogens is 448 g/mol. The van der Waals surface area contributed by atoms with Crippen LogP contribution in [0, 0.1) is 0 Å². The third-order valence-electron chi connectivity index (χ3n) is 6.58. The number of aromatic amines is 1. The molecule has 188 valence electrons. The number of nitrogens with one attached hydrogen (secondary N) is 1. The van der Waals surface area contributed by atoms with Crippen molar-refractivity contribution in [2.45, 2.75) is 78.7 Å². The molecule has 36 heavy (non-hydrogen) atoms. The number of unbranched alkanes of at least 4 members (excludes halogenated alkanes) is 2. The van der Waals surface area contributed by atoms with Crippen molar-refractivity contribution in [1.29, 1.82) is 0 Å². The second-order valence-electron chi connectivity index (χ2n) is 9.29. The minimum atomic E-state index is 0.139. The number of hydrogen-bond acceptors (Lipinski definition) is 5. The van der Waals surface area contributed by atoms with E-state index in [0.29, 0.717) is 12.2 Å². The van der Waals surface area contributed by atoms with Crippen molar-refractivity contribution in [3.05, 3.63) is 81.5 Å². The lowest BCUT2D eigenvalue weighted by Crippen LogP contribution is -2.30. The zero-order valence-electron chi connectivity index (χ0n) is 21.6. The van der Waals surface area contributed by atoms with Crippen molar-refractivity contribution in [2.24, 2.45) is 0 Å². The third kappa shape index (κ3) is 5.78. The number of rotatable bonds is 12. The highest BCUT2D eigenvalue weighted by Crippen LogP contribution is 2.30. The number of hydrogen-bond donors (Lipinski definition) is 1. The van der Waals surface area contributed by atoms with Gasteiger partial charge >= 0.3 is 0 Å².